The molecule has 1 aromatic rings. The van der Waals surface area contributed by atoms with Crippen LogP contribution in [0.5, 0.6) is 5.75 Å². The van der Waals surface area contributed by atoms with Crippen molar-refractivity contribution >= 4 is 6.08 Å². The van der Waals surface area contributed by atoms with E-state index in [0.29, 0.717) is 0 Å². The standard InChI is InChI=1S/C14H15NO/c1-10-6-7-14(16)12(8-10)9-11-4-2-3-5-13(11)15/h2-9,13,16H,15H2,1H3. The molecule has 0 spiro atoms. The van der Waals surface area contributed by atoms with Crippen molar-refractivity contribution in [2.24, 2.45) is 5.73 Å². The molecular weight excluding hydrogens is 198 g/mol. The minimum Gasteiger partial charge on any atom is -0.507 e. The van der Waals surface area contributed by atoms with Crippen LogP contribution in [-0.2, 0) is 0 Å². The van der Waals surface area contributed by atoms with Gasteiger partial charge < -0.3 is 10.8 Å². The Morgan fingerprint density at radius 2 is 2.12 bits per heavy atom. The van der Waals surface area contributed by atoms with Gasteiger partial charge in [-0.3, -0.25) is 0 Å². The van der Waals surface area contributed by atoms with E-state index in [0.717, 1.165) is 16.7 Å². The molecule has 0 radical (unpaired) electrons. The van der Waals surface area contributed by atoms with E-state index in [1.165, 1.54) is 0 Å². The predicted molar refractivity (Wildman–Crippen MR) is 67.1 cm³/mol. The second kappa shape index (κ2) is 4.37. The Labute approximate surface area is 95.4 Å². The zero-order valence-corrected chi connectivity index (χ0v) is 9.22. The molecule has 2 heteroatoms. The third kappa shape index (κ3) is 2.23. The number of allylic oxidation sites excluding steroid dienone is 2. The molecule has 1 unspecified atom stereocenters. The fourth-order valence-corrected chi connectivity index (χ4v) is 1.69. The van der Waals surface area contributed by atoms with Crippen LogP contribution in [0.25, 0.3) is 6.08 Å². The average Bonchev–Trinajstić information content (AvgIpc) is 2.27. The molecule has 3 N–H and O–H groups in total. The first-order chi connectivity index (χ1) is 7.66. The van der Waals surface area contributed by atoms with E-state index in [2.05, 4.69) is 0 Å². The minimum atomic E-state index is -0.0927. The van der Waals surface area contributed by atoms with Crippen molar-refractivity contribution in [3.63, 3.8) is 0 Å². The van der Waals surface area contributed by atoms with E-state index in [9.17, 15) is 5.11 Å². The van der Waals surface area contributed by atoms with Crippen LogP contribution >= 0.6 is 0 Å². The molecule has 0 heterocycles. The maximum atomic E-state index is 9.72. The number of phenols is 1. The van der Waals surface area contributed by atoms with Gasteiger partial charge in [-0.25, -0.2) is 0 Å². The van der Waals surface area contributed by atoms with Gasteiger partial charge in [-0.2, -0.15) is 0 Å². The van der Waals surface area contributed by atoms with Gasteiger partial charge in [0.15, 0.2) is 0 Å². The first-order valence-electron chi connectivity index (χ1n) is 5.28. The van der Waals surface area contributed by atoms with Crippen LogP contribution in [0.4, 0.5) is 0 Å². The normalized spacial score (nSPS) is 21.6. The topological polar surface area (TPSA) is 46.2 Å². The highest BCUT2D eigenvalue weighted by Crippen LogP contribution is 2.23. The summed E-state index contributed by atoms with van der Waals surface area (Å²) < 4.78 is 0. The fourth-order valence-electron chi connectivity index (χ4n) is 1.69. The Morgan fingerprint density at radius 3 is 2.88 bits per heavy atom. The number of hydrogen-bond donors (Lipinski definition) is 2. The monoisotopic (exact) mass is 213 g/mol. The van der Waals surface area contributed by atoms with E-state index >= 15 is 0 Å². The average molecular weight is 213 g/mol. The van der Waals surface area contributed by atoms with Crippen molar-refractivity contribution in [3.05, 3.63) is 59.2 Å². The Balaban J connectivity index is 2.39. The van der Waals surface area contributed by atoms with E-state index in [4.69, 9.17) is 5.73 Å². The van der Waals surface area contributed by atoms with Gasteiger partial charge >= 0.3 is 0 Å². The maximum absolute atomic E-state index is 9.72. The molecule has 16 heavy (non-hydrogen) atoms. The lowest BCUT2D eigenvalue weighted by molar-refractivity contribution is 0.474. The quantitative estimate of drug-likeness (QED) is 0.753. The molecule has 0 aliphatic heterocycles. The third-order valence-corrected chi connectivity index (χ3v) is 2.61. The Bertz CT molecular complexity index is 484. The molecular formula is C14H15NO. The van der Waals surface area contributed by atoms with Crippen LogP contribution in [0.15, 0.2) is 48.1 Å². The molecule has 2 nitrogen and oxygen atoms in total. The summed E-state index contributed by atoms with van der Waals surface area (Å²) in [4.78, 5) is 0. The summed E-state index contributed by atoms with van der Waals surface area (Å²) in [6, 6.07) is 5.44. The van der Waals surface area contributed by atoms with Gasteiger partial charge in [0.25, 0.3) is 0 Å². The second-order valence-corrected chi connectivity index (χ2v) is 3.98. The minimum absolute atomic E-state index is 0.0927. The molecule has 0 fully saturated rings. The zero-order chi connectivity index (χ0) is 11.5. The number of aromatic hydroxyl groups is 1. The lowest BCUT2D eigenvalue weighted by Gasteiger charge is -2.12. The highest BCUT2D eigenvalue weighted by Gasteiger charge is 2.07. The number of phenolic OH excluding ortho intramolecular Hbond substituents is 1. The van der Waals surface area contributed by atoms with Gasteiger partial charge in [0, 0.05) is 11.6 Å². The van der Waals surface area contributed by atoms with Crippen molar-refractivity contribution in [1.29, 1.82) is 0 Å². The molecule has 1 aliphatic rings. The van der Waals surface area contributed by atoms with Gasteiger partial charge in [-0.15, -0.1) is 0 Å². The first-order valence-corrected chi connectivity index (χ1v) is 5.28. The first kappa shape index (κ1) is 10.7. The molecule has 1 aliphatic carbocycles. The molecule has 82 valence electrons. The summed E-state index contributed by atoms with van der Waals surface area (Å²) in [6.45, 7) is 2.00. The molecule has 1 atom stereocenters. The van der Waals surface area contributed by atoms with Crippen LogP contribution in [-0.4, -0.2) is 11.1 Å². The van der Waals surface area contributed by atoms with Crippen molar-refractivity contribution in [3.8, 4) is 5.75 Å². The summed E-state index contributed by atoms with van der Waals surface area (Å²) in [6.07, 6.45) is 9.69. The summed E-state index contributed by atoms with van der Waals surface area (Å²) >= 11 is 0. The molecule has 0 saturated carbocycles. The van der Waals surface area contributed by atoms with Gasteiger partial charge in [0.05, 0.1) is 0 Å². The zero-order valence-electron chi connectivity index (χ0n) is 9.22. The number of benzene rings is 1. The van der Waals surface area contributed by atoms with Crippen molar-refractivity contribution in [1.82, 2.24) is 0 Å². The number of aryl methyl sites for hydroxylation is 1. The number of rotatable bonds is 1. The van der Waals surface area contributed by atoms with Crippen molar-refractivity contribution in [2.45, 2.75) is 13.0 Å². The van der Waals surface area contributed by atoms with E-state index in [1.54, 1.807) is 6.07 Å². The molecule has 0 amide bonds. The molecule has 0 saturated heterocycles. The van der Waals surface area contributed by atoms with Crippen LogP contribution in [0.2, 0.25) is 0 Å². The van der Waals surface area contributed by atoms with Crippen LogP contribution < -0.4 is 5.73 Å². The number of nitrogens with two attached hydrogens (primary N) is 1. The van der Waals surface area contributed by atoms with Crippen LogP contribution in [0, 0.1) is 6.92 Å². The van der Waals surface area contributed by atoms with Gasteiger partial charge in [0.1, 0.15) is 5.75 Å². The predicted octanol–water partition coefficient (Wildman–Crippen LogP) is 2.54. The van der Waals surface area contributed by atoms with Gasteiger partial charge in [-0.1, -0.05) is 35.9 Å². The Morgan fingerprint density at radius 1 is 1.31 bits per heavy atom. The SMILES string of the molecule is Cc1ccc(O)c(C=C2C=CC=CC2N)c1. The highest BCUT2D eigenvalue weighted by molar-refractivity contribution is 5.64. The summed E-state index contributed by atoms with van der Waals surface area (Å²) in [5.74, 6) is 0.285. The summed E-state index contributed by atoms with van der Waals surface area (Å²) in [7, 11) is 0. The third-order valence-electron chi connectivity index (χ3n) is 2.61. The molecule has 0 aromatic heterocycles. The fraction of sp³-hybridized carbons (Fsp3) is 0.143. The summed E-state index contributed by atoms with van der Waals surface area (Å²) in [5, 5.41) is 9.72. The summed E-state index contributed by atoms with van der Waals surface area (Å²) in [5.41, 5.74) is 8.86. The van der Waals surface area contributed by atoms with Crippen LogP contribution in [0.3, 0.4) is 0 Å². The van der Waals surface area contributed by atoms with E-state index in [1.807, 2.05) is 49.4 Å². The van der Waals surface area contributed by atoms with Crippen molar-refractivity contribution in [2.75, 3.05) is 0 Å². The smallest absolute Gasteiger partial charge is 0.122 e. The molecule has 0 bridgehead atoms. The van der Waals surface area contributed by atoms with E-state index < -0.39 is 0 Å². The Kier molecular flexibility index (Phi) is 2.93. The van der Waals surface area contributed by atoms with Crippen LogP contribution in [0.1, 0.15) is 11.1 Å². The molecule has 2 rings (SSSR count). The lowest BCUT2D eigenvalue weighted by atomic mass is 9.99. The number of hydrogen-bond acceptors (Lipinski definition) is 2. The largest absolute Gasteiger partial charge is 0.507 e. The lowest BCUT2D eigenvalue weighted by Crippen LogP contribution is -2.19. The maximum Gasteiger partial charge on any atom is 0.122 e. The molecule has 1 aromatic carbocycles. The van der Waals surface area contributed by atoms with Gasteiger partial charge in [-0.05, 0) is 30.7 Å². The second-order valence-electron chi connectivity index (χ2n) is 3.98. The van der Waals surface area contributed by atoms with Gasteiger partial charge in [0.2, 0.25) is 0 Å². The van der Waals surface area contributed by atoms with E-state index in [-0.39, 0.29) is 11.8 Å². The van der Waals surface area contributed by atoms with Crippen molar-refractivity contribution < 1.29 is 5.11 Å². The highest BCUT2D eigenvalue weighted by atomic mass is 16.3. The Hall–Kier alpha value is -1.80.